The van der Waals surface area contributed by atoms with Crippen molar-refractivity contribution in [3.8, 4) is 11.5 Å². The number of hydrogen-bond acceptors (Lipinski definition) is 5. The van der Waals surface area contributed by atoms with Crippen LogP contribution >= 0.6 is 0 Å². The van der Waals surface area contributed by atoms with E-state index in [0.717, 1.165) is 24.8 Å². The smallest absolute Gasteiger partial charge is 0.254 e. The number of piperidine rings is 1. The largest absolute Gasteiger partial charge is 0.454 e. The molecule has 124 valence electrons. The van der Waals surface area contributed by atoms with Crippen molar-refractivity contribution in [2.45, 2.75) is 31.5 Å². The van der Waals surface area contributed by atoms with Gasteiger partial charge in [-0.25, -0.2) is 0 Å². The van der Waals surface area contributed by atoms with Crippen molar-refractivity contribution < 1.29 is 24.5 Å². The average molecular weight is 319 g/mol. The number of amides is 1. The highest BCUT2D eigenvalue weighted by molar-refractivity contribution is 5.81. The van der Waals surface area contributed by atoms with E-state index in [9.17, 15) is 15.0 Å². The molecule has 0 saturated carbocycles. The molecular weight excluding hydrogens is 298 g/mol. The number of benzene rings is 1. The lowest BCUT2D eigenvalue weighted by Crippen LogP contribution is -2.46. The molecule has 1 saturated heterocycles. The van der Waals surface area contributed by atoms with Crippen LogP contribution in [-0.2, 0) is 4.79 Å². The van der Waals surface area contributed by atoms with E-state index in [1.54, 1.807) is 23.1 Å². The number of likely N-dealkylation sites (tertiary alicyclic amines) is 1. The van der Waals surface area contributed by atoms with Gasteiger partial charge in [0, 0.05) is 13.1 Å². The second kappa shape index (κ2) is 7.02. The van der Waals surface area contributed by atoms with E-state index in [2.05, 4.69) is 0 Å². The van der Waals surface area contributed by atoms with Crippen LogP contribution < -0.4 is 9.47 Å². The third kappa shape index (κ3) is 3.65. The summed E-state index contributed by atoms with van der Waals surface area (Å²) in [5.74, 6) is 0.919. The van der Waals surface area contributed by atoms with Gasteiger partial charge in [-0.2, -0.15) is 0 Å². The topological polar surface area (TPSA) is 79.2 Å². The Kier molecular flexibility index (Phi) is 4.83. The lowest BCUT2D eigenvalue weighted by Gasteiger charge is -2.29. The zero-order valence-electron chi connectivity index (χ0n) is 12.9. The zero-order valence-corrected chi connectivity index (χ0v) is 12.9. The second-order valence-corrected chi connectivity index (χ2v) is 5.79. The van der Waals surface area contributed by atoms with Gasteiger partial charge in [0.15, 0.2) is 17.6 Å². The molecule has 23 heavy (non-hydrogen) atoms. The van der Waals surface area contributed by atoms with Crippen LogP contribution in [0, 0.1) is 0 Å². The predicted molar refractivity (Wildman–Crippen MR) is 84.0 cm³/mol. The highest BCUT2D eigenvalue weighted by Gasteiger charge is 2.28. The number of carbonyl (C=O) groups excluding carboxylic acids is 1. The molecule has 6 heteroatoms. The number of fused-ring (bicyclic) bond motifs is 1. The third-order valence-corrected chi connectivity index (χ3v) is 4.13. The van der Waals surface area contributed by atoms with Crippen LogP contribution in [-0.4, -0.2) is 53.1 Å². The molecule has 2 heterocycles. The summed E-state index contributed by atoms with van der Waals surface area (Å²) in [5, 5.41) is 20.1. The summed E-state index contributed by atoms with van der Waals surface area (Å²) >= 11 is 0. The van der Waals surface area contributed by atoms with Crippen LogP contribution in [0.5, 0.6) is 11.5 Å². The number of aliphatic hydroxyl groups excluding tert-OH is 2. The first-order valence-electron chi connectivity index (χ1n) is 7.88. The Labute approximate surface area is 134 Å². The Bertz CT molecular complexity index is 595. The maximum absolute atomic E-state index is 12.1. The second-order valence-electron chi connectivity index (χ2n) is 5.79. The van der Waals surface area contributed by atoms with E-state index >= 15 is 0 Å². The van der Waals surface area contributed by atoms with Gasteiger partial charge in [-0.3, -0.25) is 4.79 Å². The monoisotopic (exact) mass is 319 g/mol. The Morgan fingerprint density at radius 2 is 1.87 bits per heavy atom. The summed E-state index contributed by atoms with van der Waals surface area (Å²) < 4.78 is 10.5. The summed E-state index contributed by atoms with van der Waals surface area (Å²) in [6, 6.07) is 5.38. The van der Waals surface area contributed by atoms with Gasteiger partial charge in [-0.15, -0.1) is 0 Å². The minimum absolute atomic E-state index is 0.203. The normalized spacial score (nSPS) is 19.8. The fraction of sp³-hybridized carbons (Fsp3) is 0.471. The van der Waals surface area contributed by atoms with Crippen molar-refractivity contribution in [2.24, 2.45) is 0 Å². The maximum atomic E-state index is 12.1. The lowest BCUT2D eigenvalue weighted by molar-refractivity contribution is -0.145. The van der Waals surface area contributed by atoms with Gasteiger partial charge in [0.1, 0.15) is 6.10 Å². The van der Waals surface area contributed by atoms with Crippen LogP contribution in [0.1, 0.15) is 24.8 Å². The number of nitrogens with zero attached hydrogens (tertiary/aromatic N) is 1. The van der Waals surface area contributed by atoms with Crippen LogP contribution in [0.3, 0.4) is 0 Å². The van der Waals surface area contributed by atoms with E-state index in [0.29, 0.717) is 24.6 Å². The molecule has 0 bridgehead atoms. The molecule has 1 amide bonds. The van der Waals surface area contributed by atoms with E-state index in [1.165, 1.54) is 6.08 Å². The van der Waals surface area contributed by atoms with Gasteiger partial charge in [0.05, 0.1) is 0 Å². The van der Waals surface area contributed by atoms with Gasteiger partial charge < -0.3 is 24.6 Å². The molecule has 0 spiro atoms. The average Bonchev–Trinajstić information content (AvgIpc) is 3.06. The molecule has 0 radical (unpaired) electrons. The molecule has 2 unspecified atom stereocenters. The summed E-state index contributed by atoms with van der Waals surface area (Å²) in [4.78, 5) is 13.8. The van der Waals surface area contributed by atoms with E-state index < -0.39 is 18.1 Å². The number of carbonyl (C=O) groups is 1. The lowest BCUT2D eigenvalue weighted by atomic mass is 10.1. The van der Waals surface area contributed by atoms with Crippen LogP contribution in [0.4, 0.5) is 0 Å². The van der Waals surface area contributed by atoms with Gasteiger partial charge in [-0.05, 0) is 37.0 Å². The van der Waals surface area contributed by atoms with Crippen LogP contribution in [0.2, 0.25) is 0 Å². The van der Waals surface area contributed by atoms with Gasteiger partial charge >= 0.3 is 0 Å². The summed E-state index contributed by atoms with van der Waals surface area (Å²) in [6.45, 7) is 1.50. The van der Waals surface area contributed by atoms with Crippen molar-refractivity contribution in [1.29, 1.82) is 0 Å². The Morgan fingerprint density at radius 3 is 2.65 bits per heavy atom. The van der Waals surface area contributed by atoms with Crippen LogP contribution in [0.25, 0.3) is 6.08 Å². The molecule has 0 aromatic heterocycles. The minimum atomic E-state index is -1.43. The molecule has 6 nitrogen and oxygen atoms in total. The molecule has 1 fully saturated rings. The van der Waals surface area contributed by atoms with Gasteiger partial charge in [0.2, 0.25) is 6.79 Å². The van der Waals surface area contributed by atoms with E-state index in [-0.39, 0.29) is 6.79 Å². The standard InChI is InChI=1S/C17H21NO5/c19-13(16(20)17(21)18-8-2-1-3-9-18)6-4-12-5-7-14-15(10-12)23-11-22-14/h4-7,10,13,16,19-20H,1-3,8-9,11H2. The summed E-state index contributed by atoms with van der Waals surface area (Å²) in [5.41, 5.74) is 0.797. The van der Waals surface area contributed by atoms with Crippen molar-refractivity contribution in [1.82, 2.24) is 4.90 Å². The first kappa shape index (κ1) is 15.8. The molecule has 3 rings (SSSR count). The quantitative estimate of drug-likeness (QED) is 0.871. The molecule has 2 atom stereocenters. The minimum Gasteiger partial charge on any atom is -0.454 e. The molecular formula is C17H21NO5. The Balaban J connectivity index is 1.61. The molecule has 2 aliphatic heterocycles. The summed E-state index contributed by atoms with van der Waals surface area (Å²) in [7, 11) is 0. The van der Waals surface area contributed by atoms with Crippen molar-refractivity contribution >= 4 is 12.0 Å². The van der Waals surface area contributed by atoms with Crippen molar-refractivity contribution in [3.05, 3.63) is 29.8 Å². The first-order valence-corrected chi connectivity index (χ1v) is 7.88. The number of rotatable bonds is 4. The van der Waals surface area contributed by atoms with E-state index in [1.807, 2.05) is 6.07 Å². The molecule has 2 aliphatic rings. The molecule has 1 aromatic carbocycles. The fourth-order valence-electron chi connectivity index (χ4n) is 2.78. The van der Waals surface area contributed by atoms with Crippen molar-refractivity contribution in [2.75, 3.05) is 19.9 Å². The number of hydrogen-bond donors (Lipinski definition) is 2. The van der Waals surface area contributed by atoms with Crippen molar-refractivity contribution in [3.63, 3.8) is 0 Å². The SMILES string of the molecule is O=C(C(O)C(O)C=Cc1ccc2c(c1)OCO2)N1CCCCC1. The van der Waals surface area contributed by atoms with E-state index in [4.69, 9.17) is 9.47 Å². The Morgan fingerprint density at radius 1 is 1.13 bits per heavy atom. The highest BCUT2D eigenvalue weighted by atomic mass is 16.7. The zero-order chi connectivity index (χ0) is 16.2. The molecule has 2 N–H and O–H groups in total. The number of ether oxygens (including phenoxy) is 2. The molecule has 0 aliphatic carbocycles. The van der Waals surface area contributed by atoms with Gasteiger partial charge in [0.25, 0.3) is 5.91 Å². The first-order chi connectivity index (χ1) is 11.1. The maximum Gasteiger partial charge on any atom is 0.254 e. The summed E-state index contributed by atoms with van der Waals surface area (Å²) in [6.07, 6.45) is 3.40. The number of aliphatic hydroxyl groups is 2. The third-order valence-electron chi connectivity index (χ3n) is 4.13. The predicted octanol–water partition coefficient (Wildman–Crippen LogP) is 1.16. The highest BCUT2D eigenvalue weighted by Crippen LogP contribution is 2.32. The Hall–Kier alpha value is -2.05. The van der Waals surface area contributed by atoms with Gasteiger partial charge in [-0.1, -0.05) is 18.2 Å². The van der Waals surface area contributed by atoms with Crippen LogP contribution in [0.15, 0.2) is 24.3 Å². The molecule has 1 aromatic rings. The fourth-order valence-corrected chi connectivity index (χ4v) is 2.78.